The minimum atomic E-state index is -0.585. The van der Waals surface area contributed by atoms with Crippen molar-refractivity contribution in [3.05, 3.63) is 70.2 Å². The Morgan fingerprint density at radius 2 is 1.69 bits per heavy atom. The summed E-state index contributed by atoms with van der Waals surface area (Å²) >= 11 is 1.24. The molecule has 0 saturated carbocycles. The van der Waals surface area contributed by atoms with Gasteiger partial charge in [0.05, 0.1) is 5.69 Å². The molecule has 0 spiro atoms. The average molecular weight is 452 g/mol. The summed E-state index contributed by atoms with van der Waals surface area (Å²) in [5.41, 5.74) is 3.75. The first-order valence-corrected chi connectivity index (χ1v) is 11.0. The quantitative estimate of drug-likeness (QED) is 0.545. The van der Waals surface area contributed by atoms with Gasteiger partial charge < -0.3 is 15.0 Å². The first-order chi connectivity index (χ1) is 15.3. The number of hydrogen-bond acceptors (Lipinski definition) is 6. The molecule has 166 valence electrons. The third-order valence-corrected chi connectivity index (χ3v) is 5.93. The molecular weight excluding hydrogens is 426 g/mol. The molecule has 3 rings (SSSR count). The molecule has 7 nitrogen and oxygen atoms in total. The van der Waals surface area contributed by atoms with E-state index in [0.717, 1.165) is 17.0 Å². The number of ether oxygens (including phenoxy) is 1. The molecule has 0 aliphatic rings. The molecule has 1 aromatic heterocycles. The van der Waals surface area contributed by atoms with Crippen molar-refractivity contribution in [1.29, 1.82) is 0 Å². The van der Waals surface area contributed by atoms with Gasteiger partial charge in [0.15, 0.2) is 6.61 Å². The van der Waals surface area contributed by atoms with Crippen LogP contribution in [0.1, 0.15) is 38.2 Å². The Bertz CT molecular complexity index is 1120. The number of thiazole rings is 1. The zero-order valence-corrected chi connectivity index (χ0v) is 19.3. The standard InChI is InChI=1S/C24H25N3O4S/c1-5-16-6-8-17(9-7-16)22-25-15(2)21(32-22)24(30)31-14-20(28)26-19-12-10-18(11-13-19)23(29)27(3)4/h6-13H,5,14H2,1-4H3,(H,26,28). The van der Waals surface area contributed by atoms with Gasteiger partial charge in [-0.1, -0.05) is 31.2 Å². The second-order valence-electron chi connectivity index (χ2n) is 7.39. The molecular formula is C24H25N3O4S. The van der Waals surface area contributed by atoms with Gasteiger partial charge in [-0.2, -0.15) is 0 Å². The van der Waals surface area contributed by atoms with E-state index in [-0.39, 0.29) is 5.91 Å². The smallest absolute Gasteiger partial charge is 0.350 e. The third-order valence-electron chi connectivity index (χ3n) is 4.75. The number of hydrogen-bond donors (Lipinski definition) is 1. The van der Waals surface area contributed by atoms with E-state index in [1.165, 1.54) is 21.8 Å². The molecule has 8 heteroatoms. The molecule has 0 unspecified atom stereocenters. The van der Waals surface area contributed by atoms with Crippen molar-refractivity contribution in [3.63, 3.8) is 0 Å². The van der Waals surface area contributed by atoms with Crippen molar-refractivity contribution in [3.8, 4) is 10.6 Å². The Balaban J connectivity index is 1.57. The fraction of sp³-hybridized carbons (Fsp3) is 0.250. The number of nitrogens with zero attached hydrogens (tertiary/aromatic N) is 2. The van der Waals surface area contributed by atoms with Crippen LogP contribution < -0.4 is 5.32 Å². The van der Waals surface area contributed by atoms with Crippen molar-refractivity contribution in [1.82, 2.24) is 9.88 Å². The Kier molecular flexibility index (Phi) is 7.37. The zero-order chi connectivity index (χ0) is 23.3. The lowest BCUT2D eigenvalue weighted by atomic mass is 10.1. The number of aryl methyl sites for hydroxylation is 2. The van der Waals surface area contributed by atoms with Gasteiger partial charge in [0.1, 0.15) is 9.88 Å². The van der Waals surface area contributed by atoms with Crippen LogP contribution in [0.25, 0.3) is 10.6 Å². The van der Waals surface area contributed by atoms with Gasteiger partial charge in [-0.15, -0.1) is 11.3 Å². The number of rotatable bonds is 7. The second kappa shape index (κ2) is 10.2. The van der Waals surface area contributed by atoms with Crippen LogP contribution in [0.4, 0.5) is 5.69 Å². The predicted molar refractivity (Wildman–Crippen MR) is 125 cm³/mol. The van der Waals surface area contributed by atoms with Gasteiger partial charge >= 0.3 is 5.97 Å². The first kappa shape index (κ1) is 23.1. The molecule has 2 aromatic carbocycles. The first-order valence-electron chi connectivity index (χ1n) is 10.1. The topological polar surface area (TPSA) is 88.6 Å². The summed E-state index contributed by atoms with van der Waals surface area (Å²) in [6.07, 6.45) is 0.954. The number of benzene rings is 2. The highest BCUT2D eigenvalue weighted by molar-refractivity contribution is 7.17. The average Bonchev–Trinajstić information content (AvgIpc) is 3.19. The van der Waals surface area contributed by atoms with Gasteiger partial charge in [-0.05, 0) is 43.2 Å². The fourth-order valence-corrected chi connectivity index (χ4v) is 3.91. The van der Waals surface area contributed by atoms with Gasteiger partial charge in [-0.3, -0.25) is 9.59 Å². The van der Waals surface area contributed by atoms with Crippen molar-refractivity contribution in [2.75, 3.05) is 26.0 Å². The van der Waals surface area contributed by atoms with Crippen LogP contribution in [0.15, 0.2) is 48.5 Å². The van der Waals surface area contributed by atoms with E-state index in [9.17, 15) is 14.4 Å². The number of nitrogens with one attached hydrogen (secondary N) is 1. The highest BCUT2D eigenvalue weighted by atomic mass is 32.1. The van der Waals surface area contributed by atoms with E-state index in [1.807, 2.05) is 24.3 Å². The Hall–Kier alpha value is -3.52. The Morgan fingerprint density at radius 3 is 2.28 bits per heavy atom. The monoisotopic (exact) mass is 451 g/mol. The lowest BCUT2D eigenvalue weighted by molar-refractivity contribution is -0.119. The summed E-state index contributed by atoms with van der Waals surface area (Å²) < 4.78 is 5.18. The van der Waals surface area contributed by atoms with Crippen molar-refractivity contribution >= 4 is 34.8 Å². The predicted octanol–water partition coefficient (Wildman–Crippen LogP) is 4.18. The van der Waals surface area contributed by atoms with E-state index in [1.54, 1.807) is 45.3 Å². The van der Waals surface area contributed by atoms with E-state index in [0.29, 0.717) is 21.8 Å². The maximum Gasteiger partial charge on any atom is 0.350 e. The van der Waals surface area contributed by atoms with Crippen molar-refractivity contribution in [2.24, 2.45) is 0 Å². The molecule has 3 aromatic rings. The molecule has 0 radical (unpaired) electrons. The molecule has 1 heterocycles. The summed E-state index contributed by atoms with van der Waals surface area (Å²) in [5.74, 6) is -1.18. The minimum absolute atomic E-state index is 0.127. The molecule has 32 heavy (non-hydrogen) atoms. The van der Waals surface area contributed by atoms with Crippen LogP contribution in [0.2, 0.25) is 0 Å². The van der Waals surface area contributed by atoms with Crippen LogP contribution >= 0.6 is 11.3 Å². The van der Waals surface area contributed by atoms with Crippen LogP contribution in [-0.4, -0.2) is 48.4 Å². The lowest BCUT2D eigenvalue weighted by Gasteiger charge is -2.11. The zero-order valence-electron chi connectivity index (χ0n) is 18.5. The van der Waals surface area contributed by atoms with Crippen molar-refractivity contribution < 1.29 is 19.1 Å². The van der Waals surface area contributed by atoms with Gasteiger partial charge in [0.2, 0.25) is 0 Å². The van der Waals surface area contributed by atoms with Gasteiger partial charge in [-0.25, -0.2) is 9.78 Å². The molecule has 2 amide bonds. The Morgan fingerprint density at radius 1 is 1.03 bits per heavy atom. The van der Waals surface area contributed by atoms with Gasteiger partial charge in [0.25, 0.3) is 11.8 Å². The second-order valence-corrected chi connectivity index (χ2v) is 8.38. The minimum Gasteiger partial charge on any atom is -0.451 e. The van der Waals surface area contributed by atoms with Crippen LogP contribution in [-0.2, 0) is 16.0 Å². The molecule has 0 fully saturated rings. The van der Waals surface area contributed by atoms with E-state index in [2.05, 4.69) is 17.2 Å². The number of amides is 2. The Labute approximate surface area is 191 Å². The van der Waals surface area contributed by atoms with Crippen LogP contribution in [0, 0.1) is 6.92 Å². The van der Waals surface area contributed by atoms with Crippen molar-refractivity contribution in [2.45, 2.75) is 20.3 Å². The number of carbonyl (C=O) groups is 3. The summed E-state index contributed by atoms with van der Waals surface area (Å²) in [6, 6.07) is 14.5. The summed E-state index contributed by atoms with van der Waals surface area (Å²) in [5, 5.41) is 3.38. The highest BCUT2D eigenvalue weighted by Crippen LogP contribution is 2.28. The molecule has 0 bridgehead atoms. The van der Waals surface area contributed by atoms with E-state index >= 15 is 0 Å². The molecule has 0 aliphatic carbocycles. The normalized spacial score (nSPS) is 10.5. The molecule has 0 aliphatic heterocycles. The molecule has 0 saturated heterocycles. The summed E-state index contributed by atoms with van der Waals surface area (Å²) in [4.78, 5) is 42.9. The lowest BCUT2D eigenvalue weighted by Crippen LogP contribution is -2.22. The van der Waals surface area contributed by atoms with Crippen LogP contribution in [0.3, 0.4) is 0 Å². The van der Waals surface area contributed by atoms with E-state index in [4.69, 9.17) is 4.74 Å². The highest BCUT2D eigenvalue weighted by Gasteiger charge is 2.19. The largest absolute Gasteiger partial charge is 0.451 e. The third kappa shape index (κ3) is 5.59. The number of anilines is 1. The number of esters is 1. The van der Waals surface area contributed by atoms with E-state index < -0.39 is 18.5 Å². The fourth-order valence-electron chi connectivity index (χ4n) is 2.94. The maximum atomic E-state index is 12.5. The maximum absolute atomic E-state index is 12.5. The van der Waals surface area contributed by atoms with Crippen LogP contribution in [0.5, 0.6) is 0 Å². The van der Waals surface area contributed by atoms with Gasteiger partial charge in [0, 0.05) is 30.9 Å². The summed E-state index contributed by atoms with van der Waals surface area (Å²) in [7, 11) is 3.34. The summed E-state index contributed by atoms with van der Waals surface area (Å²) in [6.45, 7) is 3.41. The number of carbonyl (C=O) groups excluding carboxylic acids is 3. The molecule has 0 atom stereocenters. The molecule has 1 N–H and O–H groups in total. The number of aromatic nitrogens is 1. The SMILES string of the molecule is CCc1ccc(-c2nc(C)c(C(=O)OCC(=O)Nc3ccc(C(=O)N(C)C)cc3)s2)cc1.